The minimum Gasteiger partial charge on any atom is -0.870 e. The average molecular weight is 529 g/mol. The van der Waals surface area contributed by atoms with Gasteiger partial charge in [-0.05, 0) is 0 Å². The van der Waals surface area contributed by atoms with E-state index in [2.05, 4.69) is 0 Å². The molecule has 0 radical (unpaired) electrons. The van der Waals surface area contributed by atoms with Crippen LogP contribution in [0.15, 0.2) is 0 Å². The summed E-state index contributed by atoms with van der Waals surface area (Å²) in [6.45, 7) is -1.99. The van der Waals surface area contributed by atoms with E-state index in [9.17, 15) is 35.1 Å². The van der Waals surface area contributed by atoms with Crippen molar-refractivity contribution in [3.63, 3.8) is 0 Å². The fourth-order valence-corrected chi connectivity index (χ4v) is 3.97. The molecule has 2 aliphatic rings. The molecule has 10 atom stereocenters. The summed E-state index contributed by atoms with van der Waals surface area (Å²) in [5, 5.41) is 51.7. The molecule has 2 heterocycles. The van der Waals surface area contributed by atoms with E-state index in [1.165, 1.54) is 14.2 Å². The van der Waals surface area contributed by atoms with Gasteiger partial charge >= 0.3 is 59.1 Å². The summed E-state index contributed by atoms with van der Waals surface area (Å²) in [5.41, 5.74) is 0. The first-order chi connectivity index (χ1) is 15.3. The molecular formula is C19H31Na2O14-. The number of carbonyl (C=O) groups is 1. The van der Waals surface area contributed by atoms with Crippen molar-refractivity contribution in [3.8, 4) is 0 Å². The van der Waals surface area contributed by atoms with E-state index in [0.717, 1.165) is 0 Å². The van der Waals surface area contributed by atoms with Gasteiger partial charge in [-0.1, -0.05) is 6.42 Å². The minimum absolute atomic E-state index is 0. The number of aliphatic hydroxyl groups excluding tert-OH is 4. The fourth-order valence-electron chi connectivity index (χ4n) is 3.97. The monoisotopic (exact) mass is 529 g/mol. The molecule has 14 nitrogen and oxygen atoms in total. The normalized spacial score (nSPS) is 36.7. The molecule has 0 bridgehead atoms. The van der Waals surface area contributed by atoms with E-state index < -0.39 is 87.0 Å². The fraction of sp³-hybridized carbons (Fsp3) is 0.895. The second-order valence-corrected chi connectivity index (χ2v) is 7.46. The number of aliphatic hydroxyl groups is 4. The maximum atomic E-state index is 10.8. The van der Waals surface area contributed by atoms with Crippen LogP contribution in [0.25, 0.3) is 0 Å². The van der Waals surface area contributed by atoms with Crippen LogP contribution in [0, 0.1) is 5.92 Å². The predicted molar refractivity (Wildman–Crippen MR) is 101 cm³/mol. The van der Waals surface area contributed by atoms with E-state index >= 15 is 0 Å². The number of aliphatic carboxylic acids is 1. The SMILES string of the molecule is CO[C@@H]1OC(CO)[C@@H](O[C@@H]2OC(CO)[C@@H](OC)[C@H](O)C2CC[C-]=O)[C@H](O)C1OCC(=O)[O-].[Na+].[Na+].[OH-]. The number of ether oxygens (including phenoxy) is 6. The van der Waals surface area contributed by atoms with E-state index in [0.29, 0.717) is 0 Å². The Hall–Kier alpha value is 0.700. The van der Waals surface area contributed by atoms with Gasteiger partial charge in [-0.3, -0.25) is 6.29 Å². The van der Waals surface area contributed by atoms with E-state index in [1.807, 2.05) is 0 Å². The Labute approximate surface area is 247 Å². The molecule has 0 saturated carbocycles. The summed E-state index contributed by atoms with van der Waals surface area (Å²) >= 11 is 0. The van der Waals surface area contributed by atoms with Gasteiger partial charge in [0.1, 0.15) is 36.6 Å². The van der Waals surface area contributed by atoms with Crippen molar-refractivity contribution >= 4 is 12.3 Å². The van der Waals surface area contributed by atoms with Crippen molar-refractivity contribution in [1.29, 1.82) is 0 Å². The number of carboxylic acids is 1. The first-order valence-electron chi connectivity index (χ1n) is 10.1. The minimum atomic E-state index is -1.54. The van der Waals surface area contributed by atoms with Gasteiger partial charge in [0.2, 0.25) is 0 Å². The number of carboxylic acid groups (broad SMARTS) is 1. The zero-order valence-corrected chi connectivity index (χ0v) is 24.2. The zero-order chi connectivity index (χ0) is 23.8. The molecule has 2 rings (SSSR count). The number of carbonyl (C=O) groups excluding carboxylic acids is 2. The smallest absolute Gasteiger partial charge is 0.870 e. The maximum Gasteiger partial charge on any atom is 1.00 e. The molecule has 0 amide bonds. The van der Waals surface area contributed by atoms with Gasteiger partial charge in [0, 0.05) is 20.1 Å². The third-order valence-corrected chi connectivity index (χ3v) is 5.55. The quantitative estimate of drug-likeness (QED) is 0.136. The molecule has 35 heavy (non-hydrogen) atoms. The molecule has 194 valence electrons. The Bertz CT molecular complexity index is 602. The molecule has 16 heteroatoms. The van der Waals surface area contributed by atoms with Gasteiger partial charge in [-0.15, -0.1) is 0 Å². The molecular weight excluding hydrogens is 498 g/mol. The molecule has 0 aromatic carbocycles. The first kappa shape index (κ1) is 37.9. The number of hydrogen-bond acceptors (Lipinski definition) is 14. The maximum absolute atomic E-state index is 10.8. The Morgan fingerprint density at radius 1 is 0.943 bits per heavy atom. The number of methoxy groups -OCH3 is 2. The Morgan fingerprint density at radius 3 is 2.00 bits per heavy atom. The zero-order valence-electron chi connectivity index (χ0n) is 20.2. The molecule has 2 fully saturated rings. The Kier molecular flexibility index (Phi) is 20.4. The standard InChI is InChI=1S/C19H31O13.2Na.H2O/c1-27-15-10(6-21)30-18(9(13(15)25)4-3-5-20)32-16-11(7-22)31-19(28-2)17(14(16)26)29-8-12(23)24;;;/h9-11,13-19,21-22,25-26H,3-4,6-8H2,1-2H3,(H,23,24);;;1H2/q-1;2*+1;/p-2/t9?,10?,11?,13-,14+,15-,16-,17?,18+,19-;;;/m1.../s1. The molecule has 0 aromatic heterocycles. The van der Waals surface area contributed by atoms with E-state index in [4.69, 9.17) is 28.4 Å². The predicted octanol–water partition coefficient (Wildman–Crippen LogP) is -10.3. The van der Waals surface area contributed by atoms with Crippen LogP contribution in [0.3, 0.4) is 0 Å². The summed E-state index contributed by atoms with van der Waals surface area (Å²) in [7, 11) is 2.57. The van der Waals surface area contributed by atoms with Crippen molar-refractivity contribution in [1.82, 2.24) is 0 Å². The molecule has 0 aromatic rings. The largest absolute Gasteiger partial charge is 1.00 e. The molecule has 5 N–H and O–H groups in total. The Morgan fingerprint density at radius 2 is 1.51 bits per heavy atom. The average Bonchev–Trinajstić information content (AvgIpc) is 2.78. The summed E-state index contributed by atoms with van der Waals surface area (Å²) in [5.74, 6) is -2.35. The van der Waals surface area contributed by atoms with Gasteiger partial charge < -0.3 is 69.0 Å². The first-order valence-corrected chi connectivity index (χ1v) is 10.1. The van der Waals surface area contributed by atoms with Gasteiger partial charge in [0.15, 0.2) is 12.6 Å². The van der Waals surface area contributed by atoms with Crippen LogP contribution < -0.4 is 64.2 Å². The number of hydrogen-bond donors (Lipinski definition) is 4. The molecule has 2 saturated heterocycles. The third kappa shape index (κ3) is 9.75. The van der Waals surface area contributed by atoms with Crippen molar-refractivity contribution in [2.75, 3.05) is 34.0 Å². The van der Waals surface area contributed by atoms with Crippen LogP contribution in [0.1, 0.15) is 12.8 Å². The van der Waals surface area contributed by atoms with Crippen LogP contribution >= 0.6 is 0 Å². The van der Waals surface area contributed by atoms with Crippen LogP contribution in [0.4, 0.5) is 0 Å². The summed E-state index contributed by atoms with van der Waals surface area (Å²) in [4.78, 5) is 21.6. The molecule has 0 spiro atoms. The van der Waals surface area contributed by atoms with Crippen LogP contribution in [0.5, 0.6) is 0 Å². The van der Waals surface area contributed by atoms with Gasteiger partial charge in [-0.25, -0.2) is 0 Å². The van der Waals surface area contributed by atoms with Crippen molar-refractivity contribution in [3.05, 3.63) is 0 Å². The Balaban J connectivity index is 0. The third-order valence-electron chi connectivity index (χ3n) is 5.55. The second kappa shape index (κ2) is 18.9. The second-order valence-electron chi connectivity index (χ2n) is 7.46. The topological polar surface area (TPSA) is 224 Å². The number of rotatable bonds is 12. The van der Waals surface area contributed by atoms with Crippen LogP contribution in [-0.2, 0) is 38.0 Å². The van der Waals surface area contributed by atoms with Crippen LogP contribution in [-0.4, -0.2) is 128 Å². The molecule has 0 aliphatic carbocycles. The molecule has 4 unspecified atom stereocenters. The van der Waals surface area contributed by atoms with Crippen molar-refractivity contribution < 1.29 is 128 Å². The van der Waals surface area contributed by atoms with Crippen molar-refractivity contribution in [2.45, 2.75) is 68.1 Å². The van der Waals surface area contributed by atoms with E-state index in [1.54, 1.807) is 6.29 Å². The summed E-state index contributed by atoms with van der Waals surface area (Å²) < 4.78 is 32.6. The summed E-state index contributed by atoms with van der Waals surface area (Å²) in [6, 6.07) is 0. The van der Waals surface area contributed by atoms with Crippen molar-refractivity contribution in [2.24, 2.45) is 5.92 Å². The van der Waals surface area contributed by atoms with Gasteiger partial charge in [0.25, 0.3) is 0 Å². The summed E-state index contributed by atoms with van der Waals surface area (Å²) in [6.07, 6.45) is -9.11. The molecule has 2 aliphatic heterocycles. The van der Waals surface area contributed by atoms with Gasteiger partial charge in [0.05, 0.1) is 31.9 Å². The van der Waals surface area contributed by atoms with Gasteiger partial charge in [-0.2, -0.15) is 6.42 Å². The van der Waals surface area contributed by atoms with Crippen LogP contribution in [0.2, 0.25) is 0 Å². The van der Waals surface area contributed by atoms with E-state index in [-0.39, 0.29) is 77.4 Å².